The van der Waals surface area contributed by atoms with Gasteiger partial charge >= 0.3 is 5.69 Å². The second-order valence-electron chi connectivity index (χ2n) is 7.50. The van der Waals surface area contributed by atoms with Crippen LogP contribution in [0.2, 0.25) is 5.02 Å². The van der Waals surface area contributed by atoms with E-state index in [2.05, 4.69) is 15.1 Å². The molecule has 3 aromatic rings. The minimum atomic E-state index is -0.407. The smallest absolute Gasteiger partial charge is 0.332 e. The van der Waals surface area contributed by atoms with Crippen molar-refractivity contribution in [1.82, 2.24) is 28.9 Å². The molecule has 11 heteroatoms. The van der Waals surface area contributed by atoms with E-state index < -0.39 is 5.69 Å². The van der Waals surface area contributed by atoms with Gasteiger partial charge < -0.3 is 15.1 Å². The molecule has 31 heavy (non-hydrogen) atoms. The van der Waals surface area contributed by atoms with E-state index in [1.807, 2.05) is 35.9 Å². The molecule has 0 spiro atoms. The summed E-state index contributed by atoms with van der Waals surface area (Å²) in [6, 6.07) is 7.52. The summed E-state index contributed by atoms with van der Waals surface area (Å²) in [6.07, 6.45) is 0. The minimum Gasteiger partial charge on any atom is -0.366 e. The Balaban J connectivity index is 1.85. The topological polar surface area (TPSA) is 80.3 Å². The summed E-state index contributed by atoms with van der Waals surface area (Å²) in [6.45, 7) is 3.19. The number of halogens is 1. The molecule has 1 N–H and O–H groups in total. The first-order valence-electron chi connectivity index (χ1n) is 9.94. The van der Waals surface area contributed by atoms with Crippen LogP contribution in [0.5, 0.6) is 0 Å². The van der Waals surface area contributed by atoms with Crippen molar-refractivity contribution in [3.8, 4) is 0 Å². The van der Waals surface area contributed by atoms with Crippen molar-refractivity contribution in [3.63, 3.8) is 0 Å². The molecule has 3 heterocycles. The van der Waals surface area contributed by atoms with Crippen LogP contribution in [0, 0.1) is 0 Å². The third kappa shape index (κ3) is 3.70. The molecule has 1 aromatic carbocycles. The highest BCUT2D eigenvalue weighted by Gasteiger charge is 2.26. The second kappa shape index (κ2) is 8.35. The summed E-state index contributed by atoms with van der Waals surface area (Å²) < 4.78 is 4.39. The minimum absolute atomic E-state index is 0.364. The Bertz CT molecular complexity index is 1270. The number of aromatic nitrogens is 4. The molecule has 1 saturated heterocycles. The normalized spacial score (nSPS) is 14.3. The first kappa shape index (κ1) is 21.4. The highest BCUT2D eigenvalue weighted by molar-refractivity contribution is 7.80. The van der Waals surface area contributed by atoms with Gasteiger partial charge in [-0.05, 0) is 23.8 Å². The standard InChI is InChI=1S/C20H24ClN7O2S/c1-22-19(31)27-10-8-26(9-11-27)18-23-16-15(17(29)25(3)20(30)24(16)2)28(18)12-13-6-4-5-7-14(13)21/h4-7H,8-12H2,1-3H3,(H,22,31). The highest BCUT2D eigenvalue weighted by Crippen LogP contribution is 2.25. The van der Waals surface area contributed by atoms with Crippen molar-refractivity contribution in [1.29, 1.82) is 0 Å². The lowest BCUT2D eigenvalue weighted by atomic mass is 10.2. The number of nitrogens with one attached hydrogen (secondary N) is 1. The van der Waals surface area contributed by atoms with Crippen LogP contribution in [-0.4, -0.2) is 61.9 Å². The maximum absolute atomic E-state index is 13.1. The Labute approximate surface area is 189 Å². The Morgan fingerprint density at radius 2 is 1.81 bits per heavy atom. The van der Waals surface area contributed by atoms with Crippen LogP contribution in [0.15, 0.2) is 33.9 Å². The SMILES string of the molecule is CNC(=S)N1CCN(c2nc3c(c(=O)n(C)c(=O)n3C)n2Cc2ccccc2Cl)CC1. The van der Waals surface area contributed by atoms with Crippen molar-refractivity contribution < 1.29 is 0 Å². The molecule has 0 bridgehead atoms. The molecule has 0 unspecified atom stereocenters. The quantitative estimate of drug-likeness (QED) is 0.577. The Morgan fingerprint density at radius 1 is 1.13 bits per heavy atom. The fourth-order valence-corrected chi connectivity index (χ4v) is 4.27. The van der Waals surface area contributed by atoms with E-state index in [0.29, 0.717) is 46.9 Å². The van der Waals surface area contributed by atoms with Crippen molar-refractivity contribution in [3.05, 3.63) is 55.7 Å². The van der Waals surface area contributed by atoms with Gasteiger partial charge in [0.25, 0.3) is 5.56 Å². The number of aryl methyl sites for hydroxylation is 1. The average molecular weight is 462 g/mol. The summed E-state index contributed by atoms with van der Waals surface area (Å²) in [5.74, 6) is 0.642. The lowest BCUT2D eigenvalue weighted by molar-refractivity contribution is 0.378. The molecule has 1 aliphatic rings. The van der Waals surface area contributed by atoms with E-state index in [1.54, 1.807) is 7.05 Å². The third-order valence-electron chi connectivity index (χ3n) is 5.68. The number of thiocarbonyl (C=S) groups is 1. The third-order valence-corrected chi connectivity index (χ3v) is 6.51. The van der Waals surface area contributed by atoms with Crippen LogP contribution in [0.25, 0.3) is 11.2 Å². The van der Waals surface area contributed by atoms with E-state index >= 15 is 0 Å². The van der Waals surface area contributed by atoms with Gasteiger partial charge in [0.1, 0.15) is 0 Å². The molecular formula is C20H24ClN7O2S. The monoisotopic (exact) mass is 461 g/mol. The Morgan fingerprint density at radius 3 is 2.45 bits per heavy atom. The number of hydrogen-bond acceptors (Lipinski definition) is 5. The molecule has 0 aliphatic carbocycles. The second-order valence-corrected chi connectivity index (χ2v) is 8.29. The first-order chi connectivity index (χ1) is 14.8. The van der Waals surface area contributed by atoms with E-state index in [0.717, 1.165) is 23.2 Å². The van der Waals surface area contributed by atoms with Gasteiger partial charge in [0.05, 0.1) is 6.54 Å². The molecule has 0 atom stereocenters. The molecule has 4 rings (SSSR count). The molecule has 1 aliphatic heterocycles. The van der Waals surface area contributed by atoms with E-state index in [9.17, 15) is 9.59 Å². The number of benzene rings is 1. The molecule has 2 aromatic heterocycles. The summed E-state index contributed by atoms with van der Waals surface area (Å²) in [7, 11) is 4.92. The van der Waals surface area contributed by atoms with Crippen LogP contribution in [0.1, 0.15) is 5.56 Å². The molecular weight excluding hydrogens is 438 g/mol. The number of nitrogens with zero attached hydrogens (tertiary/aromatic N) is 6. The van der Waals surface area contributed by atoms with Crippen LogP contribution >= 0.6 is 23.8 Å². The van der Waals surface area contributed by atoms with Crippen molar-refractivity contribution >= 4 is 46.0 Å². The van der Waals surface area contributed by atoms with Crippen molar-refractivity contribution in [2.45, 2.75) is 6.54 Å². The molecule has 9 nitrogen and oxygen atoms in total. The zero-order chi connectivity index (χ0) is 22.3. The molecule has 0 saturated carbocycles. The van der Waals surface area contributed by atoms with Crippen molar-refractivity contribution in [2.75, 3.05) is 38.1 Å². The summed E-state index contributed by atoms with van der Waals surface area (Å²) in [4.78, 5) is 34.5. The predicted molar refractivity (Wildman–Crippen MR) is 126 cm³/mol. The number of hydrogen-bond donors (Lipinski definition) is 1. The van der Waals surface area contributed by atoms with Gasteiger partial charge in [0.15, 0.2) is 16.3 Å². The molecule has 1 fully saturated rings. The van der Waals surface area contributed by atoms with Gasteiger partial charge in [0.2, 0.25) is 5.95 Å². The van der Waals surface area contributed by atoms with Crippen LogP contribution in [-0.2, 0) is 20.6 Å². The highest BCUT2D eigenvalue weighted by atomic mass is 35.5. The van der Waals surface area contributed by atoms with Gasteiger partial charge in [-0.2, -0.15) is 4.98 Å². The van der Waals surface area contributed by atoms with E-state index in [1.165, 1.54) is 11.6 Å². The van der Waals surface area contributed by atoms with Gasteiger partial charge in [-0.15, -0.1) is 0 Å². The lowest BCUT2D eigenvalue weighted by Crippen LogP contribution is -2.51. The van der Waals surface area contributed by atoms with E-state index in [4.69, 9.17) is 28.8 Å². The number of anilines is 1. The maximum Gasteiger partial charge on any atom is 0.332 e. The van der Waals surface area contributed by atoms with Crippen LogP contribution < -0.4 is 21.5 Å². The van der Waals surface area contributed by atoms with Gasteiger partial charge in [-0.1, -0.05) is 29.8 Å². The summed E-state index contributed by atoms with van der Waals surface area (Å²) in [5, 5.41) is 4.33. The van der Waals surface area contributed by atoms with Gasteiger partial charge in [0, 0.05) is 52.3 Å². The van der Waals surface area contributed by atoms with Gasteiger partial charge in [-0.25, -0.2) is 4.79 Å². The number of piperazine rings is 1. The zero-order valence-corrected chi connectivity index (χ0v) is 19.2. The molecule has 164 valence electrons. The first-order valence-corrected chi connectivity index (χ1v) is 10.7. The lowest BCUT2D eigenvalue weighted by Gasteiger charge is -2.36. The summed E-state index contributed by atoms with van der Waals surface area (Å²) in [5.41, 5.74) is 0.834. The fourth-order valence-electron chi connectivity index (χ4n) is 3.89. The summed E-state index contributed by atoms with van der Waals surface area (Å²) >= 11 is 11.8. The molecule has 0 amide bonds. The number of imidazole rings is 1. The predicted octanol–water partition coefficient (Wildman–Crippen LogP) is 0.762. The van der Waals surface area contributed by atoms with E-state index in [-0.39, 0.29) is 5.56 Å². The van der Waals surface area contributed by atoms with Gasteiger partial charge in [-0.3, -0.25) is 18.5 Å². The van der Waals surface area contributed by atoms with Crippen molar-refractivity contribution in [2.24, 2.45) is 14.1 Å². The Hall–Kier alpha value is -2.85. The number of fused-ring (bicyclic) bond motifs is 1. The van der Waals surface area contributed by atoms with Crippen LogP contribution in [0.4, 0.5) is 5.95 Å². The largest absolute Gasteiger partial charge is 0.366 e. The number of rotatable bonds is 3. The Kier molecular flexibility index (Phi) is 5.76. The average Bonchev–Trinajstić information content (AvgIpc) is 3.16. The maximum atomic E-state index is 13.1. The molecule has 0 radical (unpaired) electrons. The fraction of sp³-hybridized carbons (Fsp3) is 0.400. The van der Waals surface area contributed by atoms with Crippen LogP contribution in [0.3, 0.4) is 0 Å². The zero-order valence-electron chi connectivity index (χ0n) is 17.6.